The minimum Gasteiger partial charge on any atom is -0.508 e. The molecule has 1 amide bonds. The van der Waals surface area contributed by atoms with E-state index in [0.29, 0.717) is 17.8 Å². The van der Waals surface area contributed by atoms with Crippen molar-refractivity contribution in [1.29, 1.82) is 0 Å². The largest absolute Gasteiger partial charge is 0.508 e. The standard InChI is InChI=1S/C23H24N2O4S/c1-16-5-4-6-20(13-16)24-30(28,29)22-14-19(10-7-17(22)2)23(27)25(3)15-18-8-11-21(26)12-9-18/h4-14,24,26H,15H2,1-3H3. The van der Waals surface area contributed by atoms with Gasteiger partial charge in [-0.3, -0.25) is 9.52 Å². The highest BCUT2D eigenvalue weighted by Gasteiger charge is 2.21. The van der Waals surface area contributed by atoms with Crippen molar-refractivity contribution in [3.63, 3.8) is 0 Å². The van der Waals surface area contributed by atoms with E-state index >= 15 is 0 Å². The van der Waals surface area contributed by atoms with Crippen LogP contribution in [0.5, 0.6) is 5.75 Å². The lowest BCUT2D eigenvalue weighted by Crippen LogP contribution is -2.26. The maximum atomic E-state index is 12.9. The zero-order valence-corrected chi connectivity index (χ0v) is 17.9. The highest BCUT2D eigenvalue weighted by molar-refractivity contribution is 7.92. The SMILES string of the molecule is Cc1cccc(NS(=O)(=O)c2cc(C(=O)N(C)Cc3ccc(O)cc3)ccc2C)c1. The van der Waals surface area contributed by atoms with Crippen molar-refractivity contribution in [3.8, 4) is 5.75 Å². The van der Waals surface area contributed by atoms with Gasteiger partial charge in [0.15, 0.2) is 0 Å². The second-order valence-electron chi connectivity index (χ2n) is 7.28. The Morgan fingerprint density at radius 1 is 1.00 bits per heavy atom. The number of hydrogen-bond donors (Lipinski definition) is 2. The number of phenols is 1. The first kappa shape index (κ1) is 21.4. The van der Waals surface area contributed by atoms with Crippen LogP contribution in [0.3, 0.4) is 0 Å². The summed E-state index contributed by atoms with van der Waals surface area (Å²) in [7, 11) is -2.21. The van der Waals surface area contributed by atoms with Gasteiger partial charge >= 0.3 is 0 Å². The molecule has 6 nitrogen and oxygen atoms in total. The number of nitrogens with one attached hydrogen (secondary N) is 1. The van der Waals surface area contributed by atoms with Crippen LogP contribution in [0.1, 0.15) is 27.0 Å². The highest BCUT2D eigenvalue weighted by Crippen LogP contribution is 2.22. The molecule has 0 spiro atoms. The molecule has 0 radical (unpaired) electrons. The zero-order chi connectivity index (χ0) is 21.9. The molecule has 7 heteroatoms. The van der Waals surface area contributed by atoms with Gasteiger partial charge in [-0.1, -0.05) is 30.3 Å². The third-order valence-corrected chi connectivity index (χ3v) is 6.22. The summed E-state index contributed by atoms with van der Waals surface area (Å²) in [6, 6.07) is 18.3. The van der Waals surface area contributed by atoms with Crippen molar-refractivity contribution < 1.29 is 18.3 Å². The summed E-state index contributed by atoms with van der Waals surface area (Å²) in [6.45, 7) is 3.90. The van der Waals surface area contributed by atoms with Crippen LogP contribution in [0, 0.1) is 13.8 Å². The van der Waals surface area contributed by atoms with E-state index in [-0.39, 0.29) is 22.1 Å². The third kappa shape index (κ3) is 4.99. The molecule has 3 rings (SSSR count). The molecule has 0 heterocycles. The van der Waals surface area contributed by atoms with E-state index in [9.17, 15) is 18.3 Å². The molecular weight excluding hydrogens is 400 g/mol. The van der Waals surface area contributed by atoms with Gasteiger partial charge in [-0.05, 0) is 66.9 Å². The lowest BCUT2D eigenvalue weighted by Gasteiger charge is -2.18. The third-order valence-electron chi connectivity index (χ3n) is 4.70. The molecule has 0 unspecified atom stereocenters. The Morgan fingerprint density at radius 3 is 2.37 bits per heavy atom. The van der Waals surface area contributed by atoms with Gasteiger partial charge in [-0.15, -0.1) is 0 Å². The molecular formula is C23H24N2O4S. The molecule has 0 saturated carbocycles. The quantitative estimate of drug-likeness (QED) is 0.624. The van der Waals surface area contributed by atoms with Crippen molar-refractivity contribution >= 4 is 21.6 Å². The topological polar surface area (TPSA) is 86.7 Å². The number of phenolic OH excluding ortho intramolecular Hbond substituents is 1. The van der Waals surface area contributed by atoms with Gasteiger partial charge in [-0.2, -0.15) is 0 Å². The number of aryl methyl sites for hydroxylation is 2. The molecule has 3 aromatic rings. The fraction of sp³-hybridized carbons (Fsp3) is 0.174. The number of anilines is 1. The van der Waals surface area contributed by atoms with Crippen LogP contribution in [0.25, 0.3) is 0 Å². The van der Waals surface area contributed by atoms with Crippen molar-refractivity contribution in [2.24, 2.45) is 0 Å². The van der Waals surface area contributed by atoms with Gasteiger partial charge in [-0.25, -0.2) is 8.42 Å². The Hall–Kier alpha value is -3.32. The van der Waals surface area contributed by atoms with Crippen LogP contribution in [0.2, 0.25) is 0 Å². The van der Waals surface area contributed by atoms with Crippen LogP contribution < -0.4 is 4.72 Å². The lowest BCUT2D eigenvalue weighted by atomic mass is 10.1. The van der Waals surface area contributed by atoms with Gasteiger partial charge in [0.25, 0.3) is 15.9 Å². The first-order valence-electron chi connectivity index (χ1n) is 9.39. The Labute approximate surface area is 176 Å². The van der Waals surface area contributed by atoms with Crippen LogP contribution in [-0.2, 0) is 16.6 Å². The van der Waals surface area contributed by atoms with Crippen molar-refractivity contribution in [3.05, 3.63) is 89.0 Å². The normalized spacial score (nSPS) is 11.2. The van der Waals surface area contributed by atoms with Gasteiger partial charge < -0.3 is 10.0 Å². The van der Waals surface area contributed by atoms with Gasteiger partial charge in [0.05, 0.1) is 4.90 Å². The van der Waals surface area contributed by atoms with Crippen molar-refractivity contribution in [2.75, 3.05) is 11.8 Å². The number of hydrogen-bond acceptors (Lipinski definition) is 4. The maximum Gasteiger partial charge on any atom is 0.262 e. The molecule has 0 aromatic heterocycles. The summed E-state index contributed by atoms with van der Waals surface area (Å²) >= 11 is 0. The molecule has 0 bridgehead atoms. The number of benzene rings is 3. The van der Waals surface area contributed by atoms with Gasteiger partial charge in [0.1, 0.15) is 5.75 Å². The number of carbonyl (C=O) groups excluding carboxylic acids is 1. The number of nitrogens with zero attached hydrogens (tertiary/aromatic N) is 1. The van der Waals surface area contributed by atoms with E-state index in [1.54, 1.807) is 68.6 Å². The molecule has 0 aliphatic rings. The van der Waals surface area contributed by atoms with Crippen LogP contribution >= 0.6 is 0 Å². The number of amides is 1. The number of aromatic hydroxyl groups is 1. The summed E-state index contributed by atoms with van der Waals surface area (Å²) in [5.74, 6) is -0.141. The van der Waals surface area contributed by atoms with Gasteiger partial charge in [0, 0.05) is 24.8 Å². The fourth-order valence-electron chi connectivity index (χ4n) is 3.11. The Kier molecular flexibility index (Phi) is 6.12. The predicted molar refractivity (Wildman–Crippen MR) is 117 cm³/mol. The van der Waals surface area contributed by atoms with Crippen LogP contribution in [-0.4, -0.2) is 31.4 Å². The Bertz CT molecular complexity index is 1170. The molecule has 0 aliphatic heterocycles. The Balaban J connectivity index is 1.84. The van der Waals surface area contributed by atoms with Crippen molar-refractivity contribution in [1.82, 2.24) is 4.90 Å². The first-order chi connectivity index (χ1) is 14.2. The number of carbonyl (C=O) groups is 1. The van der Waals surface area contributed by atoms with Crippen LogP contribution in [0.4, 0.5) is 5.69 Å². The minimum atomic E-state index is -3.85. The Morgan fingerprint density at radius 2 is 1.70 bits per heavy atom. The summed E-state index contributed by atoms with van der Waals surface area (Å²) in [5.41, 5.74) is 3.09. The molecule has 0 fully saturated rings. The van der Waals surface area contributed by atoms with E-state index in [1.807, 2.05) is 13.0 Å². The minimum absolute atomic E-state index is 0.0629. The van der Waals surface area contributed by atoms with Gasteiger partial charge in [0.2, 0.25) is 0 Å². The molecule has 30 heavy (non-hydrogen) atoms. The number of sulfonamides is 1. The first-order valence-corrected chi connectivity index (χ1v) is 10.9. The van der Waals surface area contributed by atoms with E-state index in [1.165, 1.54) is 11.0 Å². The molecule has 156 valence electrons. The summed E-state index contributed by atoms with van der Waals surface area (Å²) < 4.78 is 28.5. The van der Waals surface area contributed by atoms with Crippen LogP contribution in [0.15, 0.2) is 71.6 Å². The molecule has 0 aliphatic carbocycles. The summed E-state index contributed by atoms with van der Waals surface area (Å²) in [5, 5.41) is 9.39. The summed E-state index contributed by atoms with van der Waals surface area (Å²) in [4.78, 5) is 14.4. The van der Waals surface area contributed by atoms with E-state index in [0.717, 1.165) is 11.1 Å². The van der Waals surface area contributed by atoms with E-state index in [2.05, 4.69) is 4.72 Å². The highest BCUT2D eigenvalue weighted by atomic mass is 32.2. The van der Waals surface area contributed by atoms with E-state index in [4.69, 9.17) is 0 Å². The lowest BCUT2D eigenvalue weighted by molar-refractivity contribution is 0.0785. The molecule has 3 aromatic carbocycles. The predicted octanol–water partition coefficient (Wildman–Crippen LogP) is 4.08. The molecule has 0 atom stereocenters. The second kappa shape index (κ2) is 8.59. The molecule has 2 N–H and O–H groups in total. The zero-order valence-electron chi connectivity index (χ0n) is 17.1. The molecule has 0 saturated heterocycles. The number of rotatable bonds is 6. The monoisotopic (exact) mass is 424 g/mol. The fourth-order valence-corrected chi connectivity index (χ4v) is 4.43. The second-order valence-corrected chi connectivity index (χ2v) is 8.93. The maximum absolute atomic E-state index is 12.9. The average molecular weight is 425 g/mol. The van der Waals surface area contributed by atoms with E-state index < -0.39 is 10.0 Å². The summed E-state index contributed by atoms with van der Waals surface area (Å²) in [6.07, 6.45) is 0. The average Bonchev–Trinajstić information content (AvgIpc) is 2.69. The van der Waals surface area contributed by atoms with Crippen molar-refractivity contribution in [2.45, 2.75) is 25.3 Å². The smallest absolute Gasteiger partial charge is 0.262 e.